The highest BCUT2D eigenvalue weighted by Crippen LogP contribution is 2.41. The van der Waals surface area contributed by atoms with Gasteiger partial charge in [0, 0.05) is 0 Å². The molecule has 3 aromatic carbocycles. The van der Waals surface area contributed by atoms with Crippen molar-refractivity contribution in [1.82, 2.24) is 0 Å². The molecule has 50 heavy (non-hydrogen) atoms. The van der Waals surface area contributed by atoms with Crippen LogP contribution in [0.25, 0.3) is 0 Å². The standard InChI is InChI=1S/C39H44O11/c1-6-22-42-37-34(32-30(25(3)44-37)49-39(4,5)50-32)48-38-33(43-23-26-16-10-7-11-17-26)31(47-36(41)28-20-14-9-15-21-28)29(24(2)45-38)46-35(40)27-18-12-8-13-19-27/h6-21,24-25,29-34,37-38H,1,22-23H2,2-5H3/t24-,25-,29+,30+,31+,32+,33-,34-,37+,38+/m0/s1. The van der Waals surface area contributed by atoms with Crippen molar-refractivity contribution >= 4 is 11.9 Å². The number of benzene rings is 3. The molecule has 3 fully saturated rings. The molecule has 3 heterocycles. The fraction of sp³-hybridized carbons (Fsp3) is 0.436. The summed E-state index contributed by atoms with van der Waals surface area (Å²) in [5.41, 5.74) is 1.50. The Morgan fingerprint density at radius 1 is 0.680 bits per heavy atom. The Kier molecular flexibility index (Phi) is 11.4. The first-order valence-corrected chi connectivity index (χ1v) is 16.9. The first kappa shape index (κ1) is 35.9. The van der Waals surface area contributed by atoms with Gasteiger partial charge in [0.05, 0.1) is 36.5 Å². The van der Waals surface area contributed by atoms with Crippen molar-refractivity contribution in [1.29, 1.82) is 0 Å². The molecule has 11 heteroatoms. The summed E-state index contributed by atoms with van der Waals surface area (Å²) < 4.78 is 57.0. The smallest absolute Gasteiger partial charge is 0.338 e. The molecule has 0 aliphatic carbocycles. The lowest BCUT2D eigenvalue weighted by molar-refractivity contribution is -0.357. The van der Waals surface area contributed by atoms with Crippen LogP contribution in [0.3, 0.4) is 0 Å². The van der Waals surface area contributed by atoms with Gasteiger partial charge in [0.2, 0.25) is 0 Å². The van der Waals surface area contributed by atoms with Crippen molar-refractivity contribution in [2.45, 2.75) is 102 Å². The highest BCUT2D eigenvalue weighted by Gasteiger charge is 2.58. The molecule has 11 nitrogen and oxygen atoms in total. The molecule has 0 bridgehead atoms. The normalized spacial score (nSPS) is 31.7. The second-order valence-electron chi connectivity index (χ2n) is 12.9. The van der Waals surface area contributed by atoms with E-state index in [2.05, 4.69) is 6.58 Å². The Balaban J connectivity index is 1.36. The van der Waals surface area contributed by atoms with Crippen LogP contribution < -0.4 is 0 Å². The summed E-state index contributed by atoms with van der Waals surface area (Å²) in [7, 11) is 0. The van der Waals surface area contributed by atoms with Crippen LogP contribution in [0.4, 0.5) is 0 Å². The average molecular weight is 689 g/mol. The van der Waals surface area contributed by atoms with Crippen LogP contribution in [-0.4, -0.2) is 85.7 Å². The first-order valence-electron chi connectivity index (χ1n) is 16.9. The van der Waals surface area contributed by atoms with Gasteiger partial charge in [0.15, 0.2) is 30.6 Å². The van der Waals surface area contributed by atoms with E-state index in [0.717, 1.165) is 5.56 Å². The summed E-state index contributed by atoms with van der Waals surface area (Å²) in [6.07, 6.45) is -6.95. The molecule has 0 amide bonds. The van der Waals surface area contributed by atoms with E-state index in [9.17, 15) is 9.59 Å². The molecule has 3 aliphatic heterocycles. The minimum absolute atomic E-state index is 0.106. The van der Waals surface area contributed by atoms with Gasteiger partial charge >= 0.3 is 11.9 Å². The molecule has 3 aromatic rings. The molecular formula is C39H44O11. The van der Waals surface area contributed by atoms with Crippen LogP contribution >= 0.6 is 0 Å². The maximum Gasteiger partial charge on any atom is 0.338 e. The van der Waals surface area contributed by atoms with Gasteiger partial charge in [0.25, 0.3) is 0 Å². The fourth-order valence-corrected chi connectivity index (χ4v) is 6.40. The number of carbonyl (C=O) groups excluding carboxylic acids is 2. The van der Waals surface area contributed by atoms with E-state index < -0.39 is 73.0 Å². The zero-order chi connectivity index (χ0) is 35.3. The number of carbonyl (C=O) groups is 2. The van der Waals surface area contributed by atoms with Crippen molar-refractivity contribution < 1.29 is 52.2 Å². The van der Waals surface area contributed by atoms with E-state index in [1.54, 1.807) is 73.7 Å². The number of rotatable bonds is 12. The van der Waals surface area contributed by atoms with E-state index >= 15 is 0 Å². The third-order valence-electron chi connectivity index (χ3n) is 8.75. The SMILES string of the molecule is C=CCO[C@@H]1O[C@@H](C)[C@H]2OC(C)(C)O[C@H]2[C@@H]1O[C@H]1O[C@@H](C)[C@@H](OC(=O)c2ccccc2)[C@@H](OC(=O)c2ccccc2)[C@@H]1OCc1ccccc1. The van der Waals surface area contributed by atoms with Gasteiger partial charge in [-0.05, 0) is 57.5 Å². The highest BCUT2D eigenvalue weighted by molar-refractivity contribution is 5.90. The summed E-state index contributed by atoms with van der Waals surface area (Å²) in [6, 6.07) is 26.6. The van der Waals surface area contributed by atoms with Crippen LogP contribution in [0.1, 0.15) is 54.0 Å². The molecule has 0 radical (unpaired) electrons. The predicted molar refractivity (Wildman–Crippen MR) is 180 cm³/mol. The first-order chi connectivity index (χ1) is 24.1. The van der Waals surface area contributed by atoms with Crippen molar-refractivity contribution in [3.63, 3.8) is 0 Å². The van der Waals surface area contributed by atoms with E-state index in [1.165, 1.54) is 0 Å². The van der Waals surface area contributed by atoms with Gasteiger partial charge in [-0.25, -0.2) is 9.59 Å². The summed E-state index contributed by atoms with van der Waals surface area (Å²) in [5, 5.41) is 0. The van der Waals surface area contributed by atoms with Crippen molar-refractivity contribution in [2.24, 2.45) is 0 Å². The van der Waals surface area contributed by atoms with Gasteiger partial charge < -0.3 is 42.6 Å². The molecule has 3 saturated heterocycles. The lowest BCUT2D eigenvalue weighted by Crippen LogP contribution is -2.64. The molecule has 10 atom stereocenters. The Morgan fingerprint density at radius 3 is 1.82 bits per heavy atom. The molecule has 0 N–H and O–H groups in total. The fourth-order valence-electron chi connectivity index (χ4n) is 6.40. The molecule has 0 saturated carbocycles. The lowest BCUT2D eigenvalue weighted by Gasteiger charge is -2.47. The maximum atomic E-state index is 13.7. The zero-order valence-corrected chi connectivity index (χ0v) is 28.6. The molecule has 3 aliphatic rings. The van der Waals surface area contributed by atoms with E-state index in [0.29, 0.717) is 11.1 Å². The van der Waals surface area contributed by atoms with Gasteiger partial charge in [0.1, 0.15) is 24.4 Å². The lowest BCUT2D eigenvalue weighted by atomic mass is 9.97. The number of ether oxygens (including phenoxy) is 9. The van der Waals surface area contributed by atoms with Crippen molar-refractivity contribution in [3.8, 4) is 0 Å². The van der Waals surface area contributed by atoms with E-state index in [-0.39, 0.29) is 19.3 Å². The van der Waals surface area contributed by atoms with Gasteiger partial charge in [-0.15, -0.1) is 6.58 Å². The predicted octanol–water partition coefficient (Wildman–Crippen LogP) is 5.62. The number of hydrogen-bond acceptors (Lipinski definition) is 11. The van der Waals surface area contributed by atoms with Gasteiger partial charge in [-0.3, -0.25) is 0 Å². The topological polar surface area (TPSA) is 117 Å². The Labute approximate surface area is 292 Å². The second-order valence-corrected chi connectivity index (χ2v) is 12.9. The monoisotopic (exact) mass is 688 g/mol. The second kappa shape index (κ2) is 15.9. The van der Waals surface area contributed by atoms with Crippen LogP contribution in [0.2, 0.25) is 0 Å². The Bertz CT molecular complexity index is 1570. The third-order valence-corrected chi connectivity index (χ3v) is 8.75. The highest BCUT2D eigenvalue weighted by atomic mass is 16.8. The molecule has 0 aromatic heterocycles. The van der Waals surface area contributed by atoms with Gasteiger partial charge in [-0.2, -0.15) is 0 Å². The Morgan fingerprint density at radius 2 is 1.22 bits per heavy atom. The van der Waals surface area contributed by atoms with Crippen molar-refractivity contribution in [3.05, 3.63) is 120 Å². The van der Waals surface area contributed by atoms with E-state index in [1.807, 2.05) is 51.1 Å². The van der Waals surface area contributed by atoms with E-state index in [4.69, 9.17) is 42.6 Å². The van der Waals surface area contributed by atoms with Crippen LogP contribution in [0.15, 0.2) is 104 Å². The van der Waals surface area contributed by atoms with Crippen molar-refractivity contribution in [2.75, 3.05) is 6.61 Å². The number of hydrogen-bond donors (Lipinski definition) is 0. The molecule has 0 spiro atoms. The summed E-state index contributed by atoms with van der Waals surface area (Å²) >= 11 is 0. The minimum atomic E-state index is -1.17. The number of esters is 2. The average Bonchev–Trinajstić information content (AvgIpc) is 3.46. The summed E-state index contributed by atoms with van der Waals surface area (Å²) in [5.74, 6) is -2.16. The molecule has 0 unspecified atom stereocenters. The minimum Gasteiger partial charge on any atom is -0.452 e. The molecule has 266 valence electrons. The Hall–Kier alpha value is -3.94. The summed E-state index contributed by atoms with van der Waals surface area (Å²) in [4.78, 5) is 27.1. The summed E-state index contributed by atoms with van der Waals surface area (Å²) in [6.45, 7) is 11.3. The zero-order valence-electron chi connectivity index (χ0n) is 28.6. The van der Waals surface area contributed by atoms with Crippen LogP contribution in [-0.2, 0) is 49.2 Å². The third kappa shape index (κ3) is 8.33. The number of fused-ring (bicyclic) bond motifs is 1. The molecular weight excluding hydrogens is 644 g/mol. The van der Waals surface area contributed by atoms with Crippen LogP contribution in [0.5, 0.6) is 0 Å². The van der Waals surface area contributed by atoms with Crippen LogP contribution in [0, 0.1) is 0 Å². The van der Waals surface area contributed by atoms with Gasteiger partial charge in [-0.1, -0.05) is 72.8 Å². The quantitative estimate of drug-likeness (QED) is 0.174. The maximum absolute atomic E-state index is 13.7. The molecule has 6 rings (SSSR count). The largest absolute Gasteiger partial charge is 0.452 e.